The number of likely N-dealkylation sites (N-methyl/N-ethyl adjacent to an activating group) is 1. The summed E-state index contributed by atoms with van der Waals surface area (Å²) in [5.74, 6) is 0.665. The second-order valence-corrected chi connectivity index (χ2v) is 10.7. The first-order valence-corrected chi connectivity index (χ1v) is 10.9. The molecular weight excluding hydrogens is 392 g/mol. The monoisotopic (exact) mass is 418 g/mol. The minimum absolute atomic E-state index is 0.0183. The second-order valence-electron chi connectivity index (χ2n) is 8.69. The van der Waals surface area contributed by atoms with Gasteiger partial charge in [0.2, 0.25) is 0 Å². The maximum atomic E-state index is 12.6. The molecule has 3 heterocycles. The number of carbonyl (C=O) groups excluding carboxylic acids is 2. The number of nitrogens with zero attached hydrogens (tertiary/aromatic N) is 5. The third kappa shape index (κ3) is 3.72. The minimum Gasteiger partial charge on any atom is -0.598 e. The van der Waals surface area contributed by atoms with E-state index in [9.17, 15) is 14.1 Å². The third-order valence-electron chi connectivity index (χ3n) is 5.19. The van der Waals surface area contributed by atoms with Crippen LogP contribution in [0.4, 0.5) is 10.6 Å². The smallest absolute Gasteiger partial charge is 0.332 e. The zero-order valence-electron chi connectivity index (χ0n) is 17.3. The SMILES string of the molecule is C[C@@H](N[S+]([O-])C(C)(C)C)c1cc2nc(C3CC3)cc(N3CC(=O)N(C)C3=O)n2n1. The zero-order chi connectivity index (χ0) is 21.1. The van der Waals surface area contributed by atoms with Crippen LogP contribution in [0.3, 0.4) is 0 Å². The number of nitrogens with one attached hydrogen (secondary N) is 1. The predicted octanol–water partition coefficient (Wildman–Crippen LogP) is 2.12. The Morgan fingerprint density at radius 2 is 1.97 bits per heavy atom. The van der Waals surface area contributed by atoms with Crippen molar-refractivity contribution in [3.63, 3.8) is 0 Å². The van der Waals surface area contributed by atoms with Gasteiger partial charge in [0.25, 0.3) is 5.91 Å². The highest BCUT2D eigenvalue weighted by molar-refractivity contribution is 7.90. The van der Waals surface area contributed by atoms with E-state index in [-0.39, 0.29) is 24.5 Å². The summed E-state index contributed by atoms with van der Waals surface area (Å²) in [6.07, 6.45) is 2.14. The van der Waals surface area contributed by atoms with Gasteiger partial charge < -0.3 is 4.55 Å². The highest BCUT2D eigenvalue weighted by atomic mass is 32.2. The van der Waals surface area contributed by atoms with Crippen LogP contribution < -0.4 is 9.62 Å². The zero-order valence-corrected chi connectivity index (χ0v) is 18.1. The lowest BCUT2D eigenvalue weighted by Crippen LogP contribution is -2.40. The van der Waals surface area contributed by atoms with Gasteiger partial charge in [0.05, 0.1) is 11.7 Å². The van der Waals surface area contributed by atoms with E-state index in [0.29, 0.717) is 23.1 Å². The number of hydrogen-bond donors (Lipinski definition) is 1. The van der Waals surface area contributed by atoms with Crippen molar-refractivity contribution in [3.8, 4) is 0 Å². The molecule has 1 aliphatic heterocycles. The highest BCUT2D eigenvalue weighted by Crippen LogP contribution is 2.40. The molecule has 0 aromatic carbocycles. The topological polar surface area (TPSA) is 106 Å². The maximum Gasteiger partial charge on any atom is 0.332 e. The molecule has 0 radical (unpaired) electrons. The summed E-state index contributed by atoms with van der Waals surface area (Å²) in [6, 6.07) is 3.06. The number of aromatic nitrogens is 3. The minimum atomic E-state index is -1.25. The molecule has 0 bridgehead atoms. The van der Waals surface area contributed by atoms with E-state index in [4.69, 9.17) is 4.98 Å². The van der Waals surface area contributed by atoms with Gasteiger partial charge in [-0.05, 0) is 40.5 Å². The second kappa shape index (κ2) is 6.96. The van der Waals surface area contributed by atoms with Crippen molar-refractivity contribution in [2.24, 2.45) is 0 Å². The molecule has 2 fully saturated rings. The van der Waals surface area contributed by atoms with Crippen LogP contribution in [0.15, 0.2) is 12.1 Å². The summed E-state index contributed by atoms with van der Waals surface area (Å²) >= 11 is -1.25. The molecule has 29 heavy (non-hydrogen) atoms. The molecule has 3 amide bonds. The van der Waals surface area contributed by atoms with E-state index in [0.717, 1.165) is 23.4 Å². The lowest BCUT2D eigenvalue weighted by Gasteiger charge is -2.25. The Balaban J connectivity index is 1.73. The highest BCUT2D eigenvalue weighted by Gasteiger charge is 2.37. The van der Waals surface area contributed by atoms with E-state index in [2.05, 4.69) is 9.82 Å². The molecule has 1 aliphatic carbocycles. The molecule has 1 unspecified atom stereocenters. The van der Waals surface area contributed by atoms with Crippen LogP contribution in [0.1, 0.15) is 63.9 Å². The van der Waals surface area contributed by atoms with Gasteiger partial charge in [-0.1, -0.05) is 0 Å². The molecule has 1 N–H and O–H groups in total. The van der Waals surface area contributed by atoms with Crippen molar-refractivity contribution in [2.75, 3.05) is 18.5 Å². The molecule has 156 valence electrons. The number of amides is 3. The van der Waals surface area contributed by atoms with Crippen LogP contribution in [-0.4, -0.2) is 54.3 Å². The largest absolute Gasteiger partial charge is 0.598 e. The Labute approximate surface area is 172 Å². The van der Waals surface area contributed by atoms with E-state index in [1.807, 2.05) is 39.8 Å². The van der Waals surface area contributed by atoms with Crippen LogP contribution in [-0.2, 0) is 16.2 Å². The number of anilines is 1. The quantitative estimate of drug-likeness (QED) is 0.589. The van der Waals surface area contributed by atoms with Gasteiger partial charge >= 0.3 is 6.03 Å². The average Bonchev–Trinajstić information content (AvgIpc) is 3.36. The standard InChI is InChI=1S/C19H26N6O3S/c1-11(22-29(28)19(2,3)4)13-8-15-20-14(12-6-7-12)9-16(25(15)21-13)24-10-17(26)23(5)18(24)27/h8-9,11-12,22H,6-7,10H2,1-5H3/t11-,29?/m1/s1. The Kier molecular flexibility index (Phi) is 4.83. The first-order chi connectivity index (χ1) is 13.6. The van der Waals surface area contributed by atoms with E-state index in [1.54, 1.807) is 4.52 Å². The molecule has 2 aromatic rings. The molecule has 1 saturated carbocycles. The Morgan fingerprint density at radius 1 is 1.28 bits per heavy atom. The fourth-order valence-electron chi connectivity index (χ4n) is 3.16. The number of rotatable bonds is 5. The molecule has 2 aliphatic rings. The van der Waals surface area contributed by atoms with Crippen molar-refractivity contribution in [2.45, 2.75) is 57.2 Å². The van der Waals surface area contributed by atoms with Crippen molar-refractivity contribution < 1.29 is 14.1 Å². The molecule has 4 rings (SSSR count). The van der Waals surface area contributed by atoms with E-state index >= 15 is 0 Å². The molecule has 9 nitrogen and oxygen atoms in total. The van der Waals surface area contributed by atoms with Crippen molar-refractivity contribution in [1.29, 1.82) is 0 Å². The van der Waals surface area contributed by atoms with Crippen molar-refractivity contribution in [1.82, 2.24) is 24.2 Å². The molecule has 2 atom stereocenters. The Hall–Kier alpha value is -2.17. The van der Waals surface area contributed by atoms with E-state index in [1.165, 1.54) is 11.9 Å². The summed E-state index contributed by atoms with van der Waals surface area (Å²) in [5, 5.41) is 4.63. The lowest BCUT2D eigenvalue weighted by atomic mass is 10.2. The third-order valence-corrected chi connectivity index (χ3v) is 6.87. The Bertz CT molecular complexity index is 980. The summed E-state index contributed by atoms with van der Waals surface area (Å²) in [7, 11) is 1.48. The summed E-state index contributed by atoms with van der Waals surface area (Å²) in [6.45, 7) is 7.59. The van der Waals surface area contributed by atoms with Crippen LogP contribution >= 0.6 is 0 Å². The fourth-order valence-corrected chi connectivity index (χ4v) is 3.96. The average molecular weight is 419 g/mol. The van der Waals surface area contributed by atoms with Crippen LogP contribution in [0.2, 0.25) is 0 Å². The summed E-state index contributed by atoms with van der Waals surface area (Å²) in [5.41, 5.74) is 2.20. The molecule has 0 spiro atoms. The van der Waals surface area contributed by atoms with Gasteiger partial charge in [-0.3, -0.25) is 14.6 Å². The van der Waals surface area contributed by atoms with Crippen LogP contribution in [0, 0.1) is 0 Å². The van der Waals surface area contributed by atoms with Crippen LogP contribution in [0.25, 0.3) is 5.65 Å². The maximum absolute atomic E-state index is 12.6. The van der Waals surface area contributed by atoms with Gasteiger partial charge in [-0.2, -0.15) is 9.61 Å². The Morgan fingerprint density at radius 3 is 2.52 bits per heavy atom. The van der Waals surface area contributed by atoms with Gasteiger partial charge in [0.15, 0.2) is 5.65 Å². The first kappa shape index (κ1) is 20.1. The summed E-state index contributed by atoms with van der Waals surface area (Å²) < 4.78 is 16.7. The molecule has 10 heteroatoms. The molecule has 1 saturated heterocycles. The number of imide groups is 1. The van der Waals surface area contributed by atoms with Gasteiger partial charge in [0.1, 0.15) is 17.1 Å². The van der Waals surface area contributed by atoms with Gasteiger partial charge in [-0.15, -0.1) is 4.72 Å². The van der Waals surface area contributed by atoms with Crippen molar-refractivity contribution >= 4 is 34.8 Å². The number of carbonyl (C=O) groups is 2. The fraction of sp³-hybridized carbons (Fsp3) is 0.579. The van der Waals surface area contributed by atoms with Crippen molar-refractivity contribution in [3.05, 3.63) is 23.5 Å². The lowest BCUT2D eigenvalue weighted by molar-refractivity contribution is -0.123. The normalized spacial score (nSPS) is 20.1. The van der Waals surface area contributed by atoms with Gasteiger partial charge in [-0.25, -0.2) is 9.78 Å². The molecule has 2 aromatic heterocycles. The predicted molar refractivity (Wildman–Crippen MR) is 110 cm³/mol. The number of urea groups is 1. The van der Waals surface area contributed by atoms with E-state index < -0.39 is 16.1 Å². The number of fused-ring (bicyclic) bond motifs is 1. The molecular formula is C19H26N6O3S. The number of hydrogen-bond acceptors (Lipinski definition) is 6. The van der Waals surface area contributed by atoms with Crippen LogP contribution in [0.5, 0.6) is 0 Å². The van der Waals surface area contributed by atoms with Gasteiger partial charge in [0, 0.05) is 42.2 Å². The first-order valence-electron chi connectivity index (χ1n) is 9.73. The summed E-state index contributed by atoms with van der Waals surface area (Å²) in [4.78, 5) is 31.9.